The second kappa shape index (κ2) is 9.66. The summed E-state index contributed by atoms with van der Waals surface area (Å²) in [6, 6.07) is 0. The van der Waals surface area contributed by atoms with Gasteiger partial charge in [0, 0.05) is 24.8 Å². The van der Waals surface area contributed by atoms with Crippen molar-refractivity contribution in [3.63, 3.8) is 0 Å². The molecule has 1 fully saturated rings. The van der Waals surface area contributed by atoms with Gasteiger partial charge in [0.25, 0.3) is 0 Å². The fourth-order valence-corrected chi connectivity index (χ4v) is 2.86. The average molecular weight is 350 g/mol. The van der Waals surface area contributed by atoms with Gasteiger partial charge in [-0.15, -0.1) is 0 Å². The Balaban J connectivity index is 2.54. The van der Waals surface area contributed by atoms with Crippen LogP contribution >= 0.6 is 0 Å². The lowest BCUT2D eigenvalue weighted by Crippen LogP contribution is -2.37. The molecule has 2 atom stereocenters. The largest absolute Gasteiger partial charge is 0.478 e. The maximum Gasteiger partial charge on any atom is 0.328 e. The van der Waals surface area contributed by atoms with E-state index >= 15 is 0 Å². The maximum absolute atomic E-state index is 12.4. The van der Waals surface area contributed by atoms with Gasteiger partial charge >= 0.3 is 5.97 Å². The predicted molar refractivity (Wildman–Crippen MR) is 96.4 cm³/mol. The van der Waals surface area contributed by atoms with E-state index in [1.54, 1.807) is 6.92 Å². The van der Waals surface area contributed by atoms with Gasteiger partial charge in [0.15, 0.2) is 5.78 Å². The molecule has 0 amide bonds. The number of allylic oxidation sites excluding steroid dienone is 2. The Morgan fingerprint density at radius 2 is 2.00 bits per heavy atom. The van der Waals surface area contributed by atoms with Crippen LogP contribution in [0.3, 0.4) is 0 Å². The van der Waals surface area contributed by atoms with Crippen molar-refractivity contribution in [2.24, 2.45) is 5.92 Å². The predicted octanol–water partition coefficient (Wildman–Crippen LogP) is 3.87. The van der Waals surface area contributed by atoms with Crippen LogP contribution in [0.2, 0.25) is 0 Å². The van der Waals surface area contributed by atoms with E-state index in [0.29, 0.717) is 31.3 Å². The van der Waals surface area contributed by atoms with Crippen LogP contribution in [-0.4, -0.2) is 34.9 Å². The molecule has 1 rings (SSSR count). The third kappa shape index (κ3) is 7.34. The van der Waals surface area contributed by atoms with E-state index in [0.717, 1.165) is 24.5 Å². The zero-order valence-electron chi connectivity index (χ0n) is 15.8. The van der Waals surface area contributed by atoms with Gasteiger partial charge in [0.1, 0.15) is 11.4 Å². The highest BCUT2D eigenvalue weighted by Gasteiger charge is 2.35. The molecule has 0 saturated carbocycles. The maximum atomic E-state index is 12.4. The first-order valence-corrected chi connectivity index (χ1v) is 8.90. The number of carboxylic acid groups (broad SMARTS) is 1. The Morgan fingerprint density at radius 1 is 1.32 bits per heavy atom. The summed E-state index contributed by atoms with van der Waals surface area (Å²) in [5, 5.41) is 8.83. The number of carboxylic acids is 1. The summed E-state index contributed by atoms with van der Waals surface area (Å²) < 4.78 is 5.76. The van der Waals surface area contributed by atoms with E-state index in [1.165, 1.54) is 0 Å². The van der Waals surface area contributed by atoms with Crippen molar-refractivity contribution in [1.82, 2.24) is 0 Å². The number of hydrogen-bond acceptors (Lipinski definition) is 4. The van der Waals surface area contributed by atoms with E-state index in [4.69, 9.17) is 9.84 Å². The lowest BCUT2D eigenvalue weighted by atomic mass is 9.88. The van der Waals surface area contributed by atoms with Crippen LogP contribution in [0.1, 0.15) is 66.2 Å². The summed E-state index contributed by atoms with van der Waals surface area (Å²) in [6.07, 6.45) is 6.24. The number of Topliss-reactive ketones (excluding diaryl/α,β-unsaturated/α-hetero) is 2. The van der Waals surface area contributed by atoms with Crippen LogP contribution in [0.4, 0.5) is 0 Å². The highest BCUT2D eigenvalue weighted by molar-refractivity contribution is 5.88. The molecule has 2 unspecified atom stereocenters. The summed E-state index contributed by atoms with van der Waals surface area (Å²) in [4.78, 5) is 35.2. The number of ether oxygens (including phenoxy) is 1. The molecule has 0 aliphatic carbocycles. The normalized spacial score (nSPS) is 23.8. The number of aliphatic carboxylic acids is 1. The summed E-state index contributed by atoms with van der Waals surface area (Å²) in [7, 11) is 0. The van der Waals surface area contributed by atoms with Gasteiger partial charge in [-0.25, -0.2) is 4.79 Å². The first kappa shape index (κ1) is 21.3. The monoisotopic (exact) mass is 350 g/mol. The van der Waals surface area contributed by atoms with Crippen LogP contribution in [-0.2, 0) is 19.1 Å². The molecular weight excluding hydrogens is 320 g/mol. The van der Waals surface area contributed by atoms with Crippen molar-refractivity contribution in [2.45, 2.75) is 71.8 Å². The fourth-order valence-electron chi connectivity index (χ4n) is 2.86. The van der Waals surface area contributed by atoms with Gasteiger partial charge in [0.05, 0.1) is 6.61 Å². The molecule has 5 heteroatoms. The minimum absolute atomic E-state index is 0.00445. The smallest absolute Gasteiger partial charge is 0.328 e. The molecule has 1 aliphatic rings. The highest BCUT2D eigenvalue weighted by Crippen LogP contribution is 2.29. The van der Waals surface area contributed by atoms with Crippen molar-refractivity contribution in [2.75, 3.05) is 6.61 Å². The van der Waals surface area contributed by atoms with Gasteiger partial charge in [-0.05, 0) is 52.0 Å². The van der Waals surface area contributed by atoms with Crippen molar-refractivity contribution in [1.29, 1.82) is 0 Å². The van der Waals surface area contributed by atoms with Crippen molar-refractivity contribution >= 4 is 17.5 Å². The van der Waals surface area contributed by atoms with Gasteiger partial charge < -0.3 is 9.84 Å². The Morgan fingerprint density at radius 3 is 2.60 bits per heavy atom. The Bertz CT molecular complexity index is 569. The summed E-state index contributed by atoms with van der Waals surface area (Å²) >= 11 is 0. The fraction of sp³-hybridized carbons (Fsp3) is 0.650. The van der Waals surface area contributed by atoms with Crippen LogP contribution in [0.15, 0.2) is 23.3 Å². The molecule has 0 aromatic carbocycles. The topological polar surface area (TPSA) is 80.7 Å². The Hall–Kier alpha value is -1.75. The van der Waals surface area contributed by atoms with Crippen molar-refractivity contribution in [3.05, 3.63) is 23.3 Å². The van der Waals surface area contributed by atoms with Gasteiger partial charge in [-0.2, -0.15) is 0 Å². The Kier molecular flexibility index (Phi) is 8.23. The van der Waals surface area contributed by atoms with E-state index < -0.39 is 11.6 Å². The molecule has 25 heavy (non-hydrogen) atoms. The molecule has 5 nitrogen and oxygen atoms in total. The lowest BCUT2D eigenvalue weighted by Gasteiger charge is -2.27. The molecule has 1 saturated heterocycles. The molecule has 1 heterocycles. The van der Waals surface area contributed by atoms with Crippen LogP contribution in [0.25, 0.3) is 0 Å². The van der Waals surface area contributed by atoms with Crippen LogP contribution < -0.4 is 0 Å². The number of rotatable bonds is 8. The van der Waals surface area contributed by atoms with Crippen molar-refractivity contribution < 1.29 is 24.2 Å². The van der Waals surface area contributed by atoms with Crippen LogP contribution in [0, 0.1) is 5.92 Å². The number of carbonyl (C=O) groups excluding carboxylic acids is 2. The van der Waals surface area contributed by atoms with E-state index in [9.17, 15) is 14.4 Å². The van der Waals surface area contributed by atoms with E-state index in [-0.39, 0.29) is 24.1 Å². The third-order valence-corrected chi connectivity index (χ3v) is 4.72. The summed E-state index contributed by atoms with van der Waals surface area (Å²) in [6.45, 7) is 7.81. The van der Waals surface area contributed by atoms with Gasteiger partial charge in [0.2, 0.25) is 0 Å². The second-order valence-corrected chi connectivity index (χ2v) is 7.33. The van der Waals surface area contributed by atoms with Crippen molar-refractivity contribution in [3.8, 4) is 0 Å². The molecular formula is C20H30O5. The SMILES string of the molecule is CC(C)=CCC(=O)C(C)CCCC1(C)OC/C(=C/C(=O)O)CCC1=O. The van der Waals surface area contributed by atoms with Crippen LogP contribution in [0.5, 0.6) is 0 Å². The van der Waals surface area contributed by atoms with Gasteiger partial charge in [-0.3, -0.25) is 9.59 Å². The zero-order valence-corrected chi connectivity index (χ0v) is 15.8. The summed E-state index contributed by atoms with van der Waals surface area (Å²) in [5.74, 6) is -0.836. The number of hydrogen-bond donors (Lipinski definition) is 1. The number of ketones is 2. The quantitative estimate of drug-likeness (QED) is 0.531. The molecule has 0 bridgehead atoms. The first-order chi connectivity index (χ1) is 11.6. The average Bonchev–Trinajstić information content (AvgIpc) is 2.66. The molecule has 1 aliphatic heterocycles. The molecule has 0 radical (unpaired) electrons. The Labute approximate surface area is 150 Å². The highest BCUT2D eigenvalue weighted by atomic mass is 16.5. The minimum Gasteiger partial charge on any atom is -0.478 e. The minimum atomic E-state index is -1.02. The third-order valence-electron chi connectivity index (χ3n) is 4.72. The molecule has 0 aromatic heterocycles. The lowest BCUT2D eigenvalue weighted by molar-refractivity contribution is -0.140. The molecule has 0 spiro atoms. The summed E-state index contributed by atoms with van der Waals surface area (Å²) in [5.41, 5.74) is 0.877. The van der Waals surface area contributed by atoms with E-state index in [2.05, 4.69) is 0 Å². The molecule has 1 N–H and O–H groups in total. The zero-order chi connectivity index (χ0) is 19.0. The van der Waals surface area contributed by atoms with Gasteiger partial charge in [-0.1, -0.05) is 18.6 Å². The first-order valence-electron chi connectivity index (χ1n) is 8.90. The number of carbonyl (C=O) groups is 3. The second-order valence-electron chi connectivity index (χ2n) is 7.33. The molecule has 0 aromatic rings. The standard InChI is InChI=1S/C20H30O5/c1-14(2)7-9-17(21)15(3)6-5-11-20(4)18(22)10-8-16(13-25-20)12-19(23)24/h7,12,15H,5-6,8-11,13H2,1-4H3,(H,23,24)/b16-12+. The molecule has 140 valence electrons. The van der Waals surface area contributed by atoms with E-state index in [1.807, 2.05) is 26.8 Å².